The molecule has 11 heteroatoms. The second-order valence-corrected chi connectivity index (χ2v) is 5.91. The maximum atomic E-state index is 12.6. The van der Waals surface area contributed by atoms with Gasteiger partial charge in [0.05, 0.1) is 5.56 Å². The number of amides is 1. The summed E-state index contributed by atoms with van der Waals surface area (Å²) in [6.45, 7) is 0. The molecule has 0 aliphatic rings. The van der Waals surface area contributed by atoms with E-state index in [9.17, 15) is 31.1 Å². The molecule has 2 aromatic carbocycles. The number of hydrogen-bond donors (Lipinski definition) is 0. The lowest BCUT2D eigenvalue weighted by Gasteiger charge is -2.18. The Balaban J connectivity index is 1.77. The molecule has 0 saturated heterocycles. The van der Waals surface area contributed by atoms with Crippen LogP contribution in [0, 0.1) is 0 Å². The molecule has 0 N–H and O–H groups in total. The van der Waals surface area contributed by atoms with Crippen LogP contribution in [-0.2, 0) is 12.4 Å². The third-order valence-corrected chi connectivity index (χ3v) is 3.95. The summed E-state index contributed by atoms with van der Waals surface area (Å²) in [5.74, 6) is -2.32. The Kier molecular flexibility index (Phi) is 5.07. The molecule has 1 amide bonds. The number of carbonyl (C=O) groups excluding carboxylic acids is 1. The molecule has 0 saturated carbocycles. The monoisotopic (exact) mass is 415 g/mol. The molecule has 152 valence electrons. The molecule has 0 bridgehead atoms. The van der Waals surface area contributed by atoms with Crippen LogP contribution in [0.3, 0.4) is 0 Å². The van der Waals surface area contributed by atoms with Crippen molar-refractivity contribution >= 4 is 11.6 Å². The van der Waals surface area contributed by atoms with Crippen LogP contribution in [0.1, 0.15) is 21.8 Å². The van der Waals surface area contributed by atoms with Crippen molar-refractivity contribution in [2.24, 2.45) is 0 Å². The smallest absolute Gasteiger partial charge is 0.329 e. The van der Waals surface area contributed by atoms with E-state index in [2.05, 4.69) is 14.7 Å². The number of hydrogen-bond acceptors (Lipinski definition) is 4. The van der Waals surface area contributed by atoms with Crippen LogP contribution in [0.2, 0.25) is 0 Å². The minimum Gasteiger partial charge on any atom is -0.329 e. The Morgan fingerprint density at radius 2 is 1.48 bits per heavy atom. The average Bonchev–Trinajstić information content (AvgIpc) is 3.17. The molecule has 0 aliphatic heterocycles. The van der Waals surface area contributed by atoms with E-state index in [1.165, 1.54) is 31.3 Å². The SMILES string of the molecule is CN(C(=O)c1ccc(-c2noc(C(F)(F)F)n2)cc1)c1ccc(C(F)(F)F)cc1. The molecule has 0 unspecified atom stereocenters. The van der Waals surface area contributed by atoms with Crippen molar-refractivity contribution in [1.82, 2.24) is 10.1 Å². The van der Waals surface area contributed by atoms with Gasteiger partial charge in [-0.25, -0.2) is 0 Å². The molecule has 3 aromatic rings. The van der Waals surface area contributed by atoms with Crippen LogP contribution < -0.4 is 4.90 Å². The van der Waals surface area contributed by atoms with Gasteiger partial charge in [0.1, 0.15) is 0 Å². The Morgan fingerprint density at radius 1 is 0.897 bits per heavy atom. The summed E-state index contributed by atoms with van der Waals surface area (Å²) in [5, 5.41) is 3.24. The Labute approximate surface area is 159 Å². The van der Waals surface area contributed by atoms with Gasteiger partial charge in [-0.15, -0.1) is 0 Å². The normalized spacial score (nSPS) is 12.1. The van der Waals surface area contributed by atoms with Crippen molar-refractivity contribution in [2.45, 2.75) is 12.4 Å². The number of nitrogens with zero attached hydrogens (tertiary/aromatic N) is 3. The first kappa shape index (κ1) is 20.4. The lowest BCUT2D eigenvalue weighted by molar-refractivity contribution is -0.159. The van der Waals surface area contributed by atoms with E-state index in [4.69, 9.17) is 0 Å². The van der Waals surface area contributed by atoms with Gasteiger partial charge in [0, 0.05) is 23.9 Å². The zero-order chi connectivity index (χ0) is 21.4. The quantitative estimate of drug-likeness (QED) is 0.562. The van der Waals surface area contributed by atoms with Crippen LogP contribution >= 0.6 is 0 Å². The van der Waals surface area contributed by atoms with Crippen LogP contribution in [0.25, 0.3) is 11.4 Å². The number of carbonyl (C=O) groups is 1. The van der Waals surface area contributed by atoms with Gasteiger partial charge in [0.25, 0.3) is 5.91 Å². The summed E-state index contributed by atoms with van der Waals surface area (Å²) in [7, 11) is 1.38. The number of halogens is 6. The summed E-state index contributed by atoms with van der Waals surface area (Å²) < 4.78 is 79.6. The topological polar surface area (TPSA) is 59.2 Å². The van der Waals surface area contributed by atoms with E-state index in [1.807, 2.05) is 0 Å². The largest absolute Gasteiger partial charge is 0.471 e. The fraction of sp³-hybridized carbons (Fsp3) is 0.167. The number of benzene rings is 2. The Bertz CT molecular complexity index is 1010. The average molecular weight is 415 g/mol. The number of rotatable bonds is 3. The highest BCUT2D eigenvalue weighted by Gasteiger charge is 2.38. The van der Waals surface area contributed by atoms with E-state index >= 15 is 0 Å². The van der Waals surface area contributed by atoms with Crippen molar-refractivity contribution in [1.29, 1.82) is 0 Å². The third-order valence-electron chi connectivity index (χ3n) is 3.95. The summed E-state index contributed by atoms with van der Waals surface area (Å²) in [6.07, 6.45) is -9.26. The van der Waals surface area contributed by atoms with E-state index in [0.717, 1.165) is 29.2 Å². The van der Waals surface area contributed by atoms with Crippen LogP contribution in [0.5, 0.6) is 0 Å². The predicted molar refractivity (Wildman–Crippen MR) is 88.9 cm³/mol. The highest BCUT2D eigenvalue weighted by Crippen LogP contribution is 2.31. The molecule has 0 atom stereocenters. The molecular weight excluding hydrogens is 404 g/mol. The van der Waals surface area contributed by atoms with Gasteiger partial charge in [-0.1, -0.05) is 17.3 Å². The van der Waals surface area contributed by atoms with Crippen LogP contribution in [0.15, 0.2) is 53.1 Å². The molecular formula is C18H11F6N3O2. The van der Waals surface area contributed by atoms with Crippen molar-refractivity contribution in [3.05, 3.63) is 65.5 Å². The lowest BCUT2D eigenvalue weighted by Crippen LogP contribution is -2.26. The van der Waals surface area contributed by atoms with E-state index < -0.39 is 29.7 Å². The zero-order valence-electron chi connectivity index (χ0n) is 14.5. The third kappa shape index (κ3) is 4.39. The minimum absolute atomic E-state index is 0.163. The van der Waals surface area contributed by atoms with Gasteiger partial charge >= 0.3 is 18.2 Å². The van der Waals surface area contributed by atoms with Gasteiger partial charge < -0.3 is 9.42 Å². The van der Waals surface area contributed by atoms with Crippen LogP contribution in [0.4, 0.5) is 32.0 Å². The fourth-order valence-electron chi connectivity index (χ4n) is 2.40. The highest BCUT2D eigenvalue weighted by atomic mass is 19.4. The van der Waals surface area contributed by atoms with Crippen LogP contribution in [-0.4, -0.2) is 23.1 Å². The molecule has 5 nitrogen and oxygen atoms in total. The molecule has 29 heavy (non-hydrogen) atoms. The van der Waals surface area contributed by atoms with E-state index in [-0.39, 0.29) is 22.6 Å². The second kappa shape index (κ2) is 7.22. The summed E-state index contributed by atoms with van der Waals surface area (Å²) in [4.78, 5) is 16.9. The molecule has 1 aromatic heterocycles. The molecule has 0 radical (unpaired) electrons. The van der Waals surface area contributed by atoms with E-state index in [1.54, 1.807) is 0 Å². The lowest BCUT2D eigenvalue weighted by atomic mass is 10.1. The molecule has 3 rings (SSSR count). The van der Waals surface area contributed by atoms with Gasteiger partial charge in [-0.3, -0.25) is 4.79 Å². The first-order chi connectivity index (χ1) is 13.5. The number of aromatic nitrogens is 2. The first-order valence-electron chi connectivity index (χ1n) is 7.93. The van der Waals surface area contributed by atoms with Gasteiger partial charge in [0.15, 0.2) is 0 Å². The summed E-state index contributed by atoms with van der Waals surface area (Å²) in [5.41, 5.74) is -0.251. The van der Waals surface area contributed by atoms with Gasteiger partial charge in [-0.05, 0) is 36.4 Å². The molecule has 0 fully saturated rings. The minimum atomic E-state index is -4.77. The Morgan fingerprint density at radius 3 is 1.97 bits per heavy atom. The number of alkyl halides is 6. The zero-order valence-corrected chi connectivity index (χ0v) is 14.5. The maximum Gasteiger partial charge on any atom is 0.471 e. The molecule has 0 aliphatic carbocycles. The Hall–Kier alpha value is -3.37. The second-order valence-electron chi connectivity index (χ2n) is 5.91. The first-order valence-corrected chi connectivity index (χ1v) is 7.93. The summed E-state index contributed by atoms with van der Waals surface area (Å²) >= 11 is 0. The predicted octanol–water partition coefficient (Wildman–Crippen LogP) is 5.05. The van der Waals surface area contributed by atoms with Crippen molar-refractivity contribution in [2.75, 3.05) is 11.9 Å². The fourth-order valence-corrected chi connectivity index (χ4v) is 2.40. The molecule has 0 spiro atoms. The van der Waals surface area contributed by atoms with E-state index in [0.29, 0.717) is 0 Å². The van der Waals surface area contributed by atoms with Crippen molar-refractivity contribution in [3.8, 4) is 11.4 Å². The summed E-state index contributed by atoms with van der Waals surface area (Å²) in [6, 6.07) is 9.37. The van der Waals surface area contributed by atoms with Gasteiger partial charge in [0.2, 0.25) is 5.82 Å². The standard InChI is InChI=1S/C18H11F6N3O2/c1-27(13-8-6-12(7-9-13)17(19,20)21)15(28)11-4-2-10(3-5-11)14-25-16(29-26-14)18(22,23)24/h2-9H,1H3. The maximum absolute atomic E-state index is 12.6. The van der Waals surface area contributed by atoms with Crippen molar-refractivity contribution < 1.29 is 35.7 Å². The number of anilines is 1. The highest BCUT2D eigenvalue weighted by molar-refractivity contribution is 6.05. The molecule has 1 heterocycles. The van der Waals surface area contributed by atoms with Gasteiger partial charge in [-0.2, -0.15) is 31.3 Å². The van der Waals surface area contributed by atoms with Crippen molar-refractivity contribution in [3.63, 3.8) is 0 Å².